The van der Waals surface area contributed by atoms with Crippen LogP contribution in [0.5, 0.6) is 0 Å². The zero-order valence-corrected chi connectivity index (χ0v) is 13.4. The molecule has 13 heteroatoms. The van der Waals surface area contributed by atoms with E-state index in [9.17, 15) is 24.9 Å². The lowest BCUT2D eigenvalue weighted by atomic mass is 10.1. The van der Waals surface area contributed by atoms with Gasteiger partial charge in [0.1, 0.15) is 18.3 Å². The molecule has 1 aliphatic rings. The number of nitrogens with one attached hydrogen (secondary N) is 1. The minimum Gasteiger partial charge on any atom is -0.481 e. The van der Waals surface area contributed by atoms with Gasteiger partial charge in [0.05, 0.1) is 12.4 Å². The summed E-state index contributed by atoms with van der Waals surface area (Å²) < 4.78 is 6.63. The minimum atomic E-state index is -1.46. The van der Waals surface area contributed by atoms with Crippen LogP contribution in [-0.4, -0.2) is 76.6 Å². The van der Waals surface area contributed by atoms with Crippen molar-refractivity contribution in [2.45, 2.75) is 29.7 Å². The van der Waals surface area contributed by atoms with Gasteiger partial charge in [-0.2, -0.15) is 4.98 Å². The third kappa shape index (κ3) is 3.07. The molecule has 136 valence electrons. The van der Waals surface area contributed by atoms with Crippen molar-refractivity contribution in [2.24, 2.45) is 0 Å². The second-order valence-electron chi connectivity index (χ2n) is 5.30. The van der Waals surface area contributed by atoms with Crippen LogP contribution >= 0.6 is 11.8 Å². The van der Waals surface area contributed by atoms with Crippen LogP contribution in [0, 0.1) is 0 Å². The number of thioether (sulfide) groups is 1. The number of hydrogen-bond donors (Lipinski definition) is 6. The van der Waals surface area contributed by atoms with E-state index in [4.69, 9.17) is 15.6 Å². The molecule has 0 radical (unpaired) electrons. The summed E-state index contributed by atoms with van der Waals surface area (Å²) >= 11 is 0.778. The number of nitrogens with two attached hydrogens (primary N) is 1. The lowest BCUT2D eigenvalue weighted by Crippen LogP contribution is -2.33. The van der Waals surface area contributed by atoms with Crippen molar-refractivity contribution in [1.29, 1.82) is 0 Å². The van der Waals surface area contributed by atoms with Gasteiger partial charge < -0.3 is 30.9 Å². The first-order valence-corrected chi connectivity index (χ1v) is 8.06. The van der Waals surface area contributed by atoms with E-state index in [0.29, 0.717) is 0 Å². The molecular formula is C12H15N5O7S. The molecule has 1 saturated heterocycles. The molecule has 25 heavy (non-hydrogen) atoms. The SMILES string of the molecule is Nc1nc2c(nc(SCC(=O)O)n2[C@@H]2O[C@H](CO)[C@@H](O)[C@@H]2O)c(=O)[nH]1. The summed E-state index contributed by atoms with van der Waals surface area (Å²) in [5, 5.41) is 38.3. The molecule has 0 aromatic carbocycles. The lowest BCUT2D eigenvalue weighted by molar-refractivity contribution is -0.133. The Labute approximate surface area is 143 Å². The predicted octanol–water partition coefficient (Wildman–Crippen LogP) is -2.51. The fourth-order valence-corrected chi connectivity index (χ4v) is 3.27. The average molecular weight is 373 g/mol. The number of aromatic amines is 1. The van der Waals surface area contributed by atoms with Gasteiger partial charge in [-0.1, -0.05) is 11.8 Å². The minimum absolute atomic E-state index is 0.0378. The topological polar surface area (TPSA) is 197 Å². The van der Waals surface area contributed by atoms with Crippen LogP contribution in [0.2, 0.25) is 0 Å². The molecule has 3 heterocycles. The number of anilines is 1. The van der Waals surface area contributed by atoms with E-state index in [1.807, 2.05) is 0 Å². The van der Waals surface area contributed by atoms with E-state index in [1.54, 1.807) is 0 Å². The van der Waals surface area contributed by atoms with Crippen LogP contribution in [0.25, 0.3) is 11.2 Å². The van der Waals surface area contributed by atoms with Crippen molar-refractivity contribution < 1.29 is 30.0 Å². The summed E-state index contributed by atoms with van der Waals surface area (Å²) in [6.07, 6.45) is -5.14. The second-order valence-corrected chi connectivity index (χ2v) is 6.24. The Morgan fingerprint density at radius 2 is 2.08 bits per heavy atom. The molecular weight excluding hydrogens is 358 g/mol. The largest absolute Gasteiger partial charge is 0.481 e. The van der Waals surface area contributed by atoms with Crippen LogP contribution in [0.3, 0.4) is 0 Å². The van der Waals surface area contributed by atoms with Crippen LogP contribution in [0.1, 0.15) is 6.23 Å². The molecule has 0 bridgehead atoms. The van der Waals surface area contributed by atoms with Gasteiger partial charge in [-0.25, -0.2) is 4.98 Å². The zero-order valence-electron chi connectivity index (χ0n) is 12.6. The number of imidazole rings is 1. The molecule has 0 aliphatic carbocycles. The highest BCUT2D eigenvalue weighted by Crippen LogP contribution is 2.35. The normalized spacial score (nSPS) is 26.4. The monoisotopic (exact) mass is 373 g/mol. The number of aliphatic hydroxyl groups is 3. The number of ether oxygens (including phenoxy) is 1. The Bertz CT molecular complexity index is 867. The van der Waals surface area contributed by atoms with Gasteiger partial charge in [0.2, 0.25) is 5.95 Å². The van der Waals surface area contributed by atoms with Crippen molar-refractivity contribution in [3.05, 3.63) is 10.4 Å². The molecule has 2 aromatic heterocycles. The Balaban J connectivity index is 2.15. The summed E-state index contributed by atoms with van der Waals surface area (Å²) in [6.45, 7) is -0.547. The predicted molar refractivity (Wildman–Crippen MR) is 83.9 cm³/mol. The maximum atomic E-state index is 12.0. The fraction of sp³-hybridized carbons (Fsp3) is 0.500. The lowest BCUT2D eigenvalue weighted by Gasteiger charge is -2.18. The number of rotatable bonds is 5. The number of aliphatic hydroxyl groups excluding tert-OH is 3. The smallest absolute Gasteiger partial charge is 0.313 e. The number of nitrogens with zero attached hydrogens (tertiary/aromatic N) is 3. The van der Waals surface area contributed by atoms with Crippen LogP contribution < -0.4 is 11.3 Å². The number of nitrogen functional groups attached to an aromatic ring is 1. The number of aromatic nitrogens is 4. The summed E-state index contributed by atoms with van der Waals surface area (Å²) in [5.41, 5.74) is 4.73. The van der Waals surface area contributed by atoms with Crippen molar-refractivity contribution in [3.8, 4) is 0 Å². The maximum Gasteiger partial charge on any atom is 0.313 e. The number of fused-ring (bicyclic) bond motifs is 1. The third-order valence-electron chi connectivity index (χ3n) is 3.63. The highest BCUT2D eigenvalue weighted by Gasteiger charge is 2.45. The molecule has 7 N–H and O–H groups in total. The van der Waals surface area contributed by atoms with E-state index in [1.165, 1.54) is 4.57 Å². The van der Waals surface area contributed by atoms with E-state index in [0.717, 1.165) is 11.8 Å². The van der Waals surface area contributed by atoms with Crippen LogP contribution in [0.15, 0.2) is 9.95 Å². The van der Waals surface area contributed by atoms with Crippen LogP contribution in [-0.2, 0) is 9.53 Å². The molecule has 3 rings (SSSR count). The van der Waals surface area contributed by atoms with Gasteiger partial charge in [0.15, 0.2) is 22.5 Å². The number of hydrogen-bond acceptors (Lipinski definition) is 10. The first kappa shape index (κ1) is 17.6. The molecule has 0 saturated carbocycles. The van der Waals surface area contributed by atoms with Gasteiger partial charge in [0.25, 0.3) is 5.56 Å². The molecule has 0 unspecified atom stereocenters. The number of carboxylic acid groups (broad SMARTS) is 1. The number of carbonyl (C=O) groups is 1. The first-order valence-electron chi connectivity index (χ1n) is 7.08. The Morgan fingerprint density at radius 1 is 1.36 bits per heavy atom. The molecule has 12 nitrogen and oxygen atoms in total. The number of aliphatic carboxylic acids is 1. The van der Waals surface area contributed by atoms with E-state index in [-0.39, 0.29) is 28.0 Å². The molecule has 0 amide bonds. The molecule has 1 fully saturated rings. The second kappa shape index (κ2) is 6.61. The molecule has 2 aromatic rings. The van der Waals surface area contributed by atoms with Gasteiger partial charge in [-0.15, -0.1) is 0 Å². The van der Waals surface area contributed by atoms with Crippen molar-refractivity contribution in [3.63, 3.8) is 0 Å². The average Bonchev–Trinajstić information content (AvgIpc) is 3.04. The van der Waals surface area contributed by atoms with Crippen molar-refractivity contribution in [2.75, 3.05) is 18.1 Å². The van der Waals surface area contributed by atoms with Crippen LogP contribution in [0.4, 0.5) is 5.95 Å². The van der Waals surface area contributed by atoms with Gasteiger partial charge in [-0.3, -0.25) is 19.1 Å². The number of carboxylic acids is 1. The zero-order chi connectivity index (χ0) is 18.3. The Kier molecular flexibility index (Phi) is 4.66. The fourth-order valence-electron chi connectivity index (χ4n) is 2.53. The summed E-state index contributed by atoms with van der Waals surface area (Å²) in [6, 6.07) is 0. The van der Waals surface area contributed by atoms with Gasteiger partial charge >= 0.3 is 5.97 Å². The summed E-state index contributed by atoms with van der Waals surface area (Å²) in [7, 11) is 0. The van der Waals surface area contributed by atoms with E-state index < -0.39 is 42.7 Å². The highest BCUT2D eigenvalue weighted by molar-refractivity contribution is 7.99. The van der Waals surface area contributed by atoms with E-state index in [2.05, 4.69) is 15.0 Å². The summed E-state index contributed by atoms with van der Waals surface area (Å²) in [5.74, 6) is -1.70. The van der Waals surface area contributed by atoms with E-state index >= 15 is 0 Å². The Morgan fingerprint density at radius 3 is 2.68 bits per heavy atom. The Hall–Kier alpha value is -2.19. The van der Waals surface area contributed by atoms with Gasteiger partial charge in [-0.05, 0) is 0 Å². The van der Waals surface area contributed by atoms with Crippen molar-refractivity contribution >= 4 is 34.8 Å². The third-order valence-corrected chi connectivity index (χ3v) is 4.57. The molecule has 0 spiro atoms. The molecule has 1 aliphatic heterocycles. The first-order chi connectivity index (χ1) is 11.8. The maximum absolute atomic E-state index is 12.0. The quantitative estimate of drug-likeness (QED) is 0.303. The standard InChI is InChI=1S/C12H15N5O7S/c13-11-15-8-5(9(23)16-11)14-12(25-2-4(19)20)17(8)10-7(22)6(21)3(1-18)24-10/h3,6-7,10,18,21-22H,1-2H2,(H,19,20)(H3,13,15,16,23)/t3-,6-,7+,10-/m1/s1. The summed E-state index contributed by atoms with van der Waals surface area (Å²) in [4.78, 5) is 33.1. The number of H-pyrrole nitrogens is 1. The van der Waals surface area contributed by atoms with Crippen molar-refractivity contribution in [1.82, 2.24) is 19.5 Å². The highest BCUT2D eigenvalue weighted by atomic mass is 32.2. The van der Waals surface area contributed by atoms with Gasteiger partial charge in [0, 0.05) is 0 Å². The molecule has 4 atom stereocenters.